The topological polar surface area (TPSA) is 36.4 Å². The van der Waals surface area contributed by atoms with Crippen LogP contribution in [0.3, 0.4) is 0 Å². The molecule has 0 atom stereocenters. The number of aliphatic hydroxyl groups excluding tert-OH is 1. The van der Waals surface area contributed by atoms with E-state index < -0.39 is 0 Å². The highest BCUT2D eigenvalue weighted by molar-refractivity contribution is 5.91. The summed E-state index contributed by atoms with van der Waals surface area (Å²) in [5.74, 6) is 0. The molecule has 3 nitrogen and oxygen atoms in total. The van der Waals surface area contributed by atoms with Gasteiger partial charge in [-0.15, -0.1) is 0 Å². The fourth-order valence-corrected chi connectivity index (χ4v) is 2.01. The van der Waals surface area contributed by atoms with E-state index in [4.69, 9.17) is 0 Å². The van der Waals surface area contributed by atoms with Crippen LogP contribution in [0.4, 0.5) is 5.69 Å². The molecule has 0 aliphatic carbocycles. The molecular formula is C12H12N2O. The Labute approximate surface area is 88.0 Å². The Morgan fingerprint density at radius 2 is 2.00 bits per heavy atom. The van der Waals surface area contributed by atoms with E-state index in [2.05, 4.69) is 16.0 Å². The summed E-state index contributed by atoms with van der Waals surface area (Å²) in [6.45, 7) is 1.46. The number of aromatic nitrogens is 1. The van der Waals surface area contributed by atoms with Gasteiger partial charge < -0.3 is 10.0 Å². The van der Waals surface area contributed by atoms with Crippen LogP contribution < -0.4 is 4.90 Å². The molecule has 1 N–H and O–H groups in total. The summed E-state index contributed by atoms with van der Waals surface area (Å²) in [4.78, 5) is 6.49. The van der Waals surface area contributed by atoms with Crippen LogP contribution in [0.2, 0.25) is 0 Å². The number of benzene rings is 1. The number of nitrogens with zero attached hydrogens (tertiary/aromatic N) is 2. The van der Waals surface area contributed by atoms with Gasteiger partial charge in [-0.1, -0.05) is 18.2 Å². The summed E-state index contributed by atoms with van der Waals surface area (Å²) >= 11 is 0. The predicted octanol–water partition coefficient (Wildman–Crippen LogP) is 1.42. The number of pyridine rings is 1. The van der Waals surface area contributed by atoms with E-state index in [0.29, 0.717) is 0 Å². The van der Waals surface area contributed by atoms with Gasteiger partial charge in [-0.05, 0) is 12.1 Å². The van der Waals surface area contributed by atoms with Crippen LogP contribution >= 0.6 is 0 Å². The maximum absolute atomic E-state index is 9.29. The van der Waals surface area contributed by atoms with Crippen molar-refractivity contribution in [1.82, 2.24) is 4.98 Å². The van der Waals surface area contributed by atoms with E-state index in [9.17, 15) is 5.11 Å². The zero-order chi connectivity index (χ0) is 10.3. The Bertz CT molecular complexity index is 486. The highest BCUT2D eigenvalue weighted by atomic mass is 16.3. The molecule has 1 saturated heterocycles. The normalized spacial score (nSPS) is 16.7. The first kappa shape index (κ1) is 8.68. The second kappa shape index (κ2) is 3.21. The molecule has 3 heteroatoms. The van der Waals surface area contributed by atoms with Crippen molar-refractivity contribution in [2.24, 2.45) is 0 Å². The van der Waals surface area contributed by atoms with Crippen molar-refractivity contribution >= 4 is 16.6 Å². The third-order valence-electron chi connectivity index (χ3n) is 2.83. The lowest BCUT2D eigenvalue weighted by atomic mass is 10.1. The van der Waals surface area contributed by atoms with E-state index in [1.54, 1.807) is 0 Å². The molecule has 76 valence electrons. The molecule has 2 heterocycles. The molecule has 0 spiro atoms. The van der Waals surface area contributed by atoms with E-state index in [-0.39, 0.29) is 6.10 Å². The molecule has 2 aromatic rings. The van der Waals surface area contributed by atoms with E-state index in [1.807, 2.05) is 30.5 Å². The van der Waals surface area contributed by atoms with E-state index >= 15 is 0 Å². The zero-order valence-electron chi connectivity index (χ0n) is 8.30. The van der Waals surface area contributed by atoms with Crippen molar-refractivity contribution in [3.05, 3.63) is 36.5 Å². The monoisotopic (exact) mass is 200 g/mol. The zero-order valence-corrected chi connectivity index (χ0v) is 8.30. The van der Waals surface area contributed by atoms with Crippen LogP contribution in [-0.2, 0) is 0 Å². The molecule has 0 unspecified atom stereocenters. The van der Waals surface area contributed by atoms with Gasteiger partial charge in [0.15, 0.2) is 0 Å². The number of hydrogen-bond donors (Lipinski definition) is 1. The summed E-state index contributed by atoms with van der Waals surface area (Å²) in [7, 11) is 0. The van der Waals surface area contributed by atoms with Crippen molar-refractivity contribution in [2.75, 3.05) is 18.0 Å². The Morgan fingerprint density at radius 1 is 1.20 bits per heavy atom. The first-order valence-corrected chi connectivity index (χ1v) is 5.11. The number of para-hydroxylation sites is 1. The van der Waals surface area contributed by atoms with Crippen molar-refractivity contribution < 1.29 is 5.11 Å². The summed E-state index contributed by atoms with van der Waals surface area (Å²) in [5, 5.41) is 10.5. The molecule has 1 fully saturated rings. The lowest BCUT2D eigenvalue weighted by Gasteiger charge is -2.38. The van der Waals surface area contributed by atoms with Crippen molar-refractivity contribution in [1.29, 1.82) is 0 Å². The Kier molecular flexibility index (Phi) is 1.86. The molecule has 15 heavy (non-hydrogen) atoms. The fourth-order valence-electron chi connectivity index (χ4n) is 2.01. The van der Waals surface area contributed by atoms with Gasteiger partial charge in [0.05, 0.1) is 11.6 Å². The summed E-state index contributed by atoms with van der Waals surface area (Å²) in [6.07, 6.45) is 1.65. The number of rotatable bonds is 1. The minimum atomic E-state index is -0.170. The molecule has 3 rings (SSSR count). The highest BCUT2D eigenvalue weighted by Gasteiger charge is 2.25. The second-order valence-electron chi connectivity index (χ2n) is 3.91. The third kappa shape index (κ3) is 1.36. The molecule has 1 aliphatic rings. The molecule has 1 aromatic carbocycles. The van der Waals surface area contributed by atoms with Gasteiger partial charge in [0, 0.05) is 30.4 Å². The van der Waals surface area contributed by atoms with Crippen LogP contribution in [-0.4, -0.2) is 29.3 Å². The lowest BCUT2D eigenvalue weighted by molar-refractivity contribution is 0.142. The summed E-state index contributed by atoms with van der Waals surface area (Å²) < 4.78 is 0. The van der Waals surface area contributed by atoms with E-state index in [1.165, 1.54) is 5.69 Å². The van der Waals surface area contributed by atoms with Gasteiger partial charge in [0.1, 0.15) is 0 Å². The van der Waals surface area contributed by atoms with Crippen LogP contribution in [0.15, 0.2) is 36.5 Å². The SMILES string of the molecule is OC1CN(c2ccnc3ccccc23)C1. The van der Waals surface area contributed by atoms with Gasteiger partial charge in [0.25, 0.3) is 0 Å². The first-order chi connectivity index (χ1) is 7.34. The second-order valence-corrected chi connectivity index (χ2v) is 3.91. The molecule has 0 amide bonds. The number of anilines is 1. The Balaban J connectivity index is 2.10. The summed E-state index contributed by atoms with van der Waals surface area (Å²) in [5.41, 5.74) is 2.18. The lowest BCUT2D eigenvalue weighted by Crippen LogP contribution is -2.50. The standard InChI is InChI=1S/C12H12N2O/c15-9-7-14(8-9)12-5-6-13-11-4-2-1-3-10(11)12/h1-6,9,15H,7-8H2. The van der Waals surface area contributed by atoms with Crippen LogP contribution in [0, 0.1) is 0 Å². The maximum atomic E-state index is 9.29. The molecular weight excluding hydrogens is 188 g/mol. The first-order valence-electron chi connectivity index (χ1n) is 5.11. The van der Waals surface area contributed by atoms with Crippen LogP contribution in [0.1, 0.15) is 0 Å². The number of aliphatic hydroxyl groups is 1. The molecule has 0 radical (unpaired) electrons. The number of fused-ring (bicyclic) bond motifs is 1. The highest BCUT2D eigenvalue weighted by Crippen LogP contribution is 2.28. The number of β-amino-alcohol motifs (C(OH)–C–C–N with tert-alkyl or cyclic N) is 1. The average molecular weight is 200 g/mol. The van der Waals surface area contributed by atoms with Crippen molar-refractivity contribution in [3.63, 3.8) is 0 Å². The van der Waals surface area contributed by atoms with Crippen LogP contribution in [0.25, 0.3) is 10.9 Å². The van der Waals surface area contributed by atoms with Gasteiger partial charge in [-0.2, -0.15) is 0 Å². The van der Waals surface area contributed by atoms with Crippen molar-refractivity contribution in [2.45, 2.75) is 6.10 Å². The third-order valence-corrected chi connectivity index (χ3v) is 2.83. The number of hydrogen-bond acceptors (Lipinski definition) is 3. The van der Waals surface area contributed by atoms with Gasteiger partial charge in [0.2, 0.25) is 0 Å². The minimum Gasteiger partial charge on any atom is -0.389 e. The Hall–Kier alpha value is -1.61. The quantitative estimate of drug-likeness (QED) is 0.756. The largest absolute Gasteiger partial charge is 0.389 e. The van der Waals surface area contributed by atoms with Gasteiger partial charge >= 0.3 is 0 Å². The minimum absolute atomic E-state index is 0.170. The molecule has 0 saturated carbocycles. The Morgan fingerprint density at radius 3 is 2.80 bits per heavy atom. The fraction of sp³-hybridized carbons (Fsp3) is 0.250. The van der Waals surface area contributed by atoms with Gasteiger partial charge in [-0.25, -0.2) is 0 Å². The van der Waals surface area contributed by atoms with Gasteiger partial charge in [-0.3, -0.25) is 4.98 Å². The smallest absolute Gasteiger partial charge is 0.0889 e. The predicted molar refractivity (Wildman–Crippen MR) is 60.0 cm³/mol. The van der Waals surface area contributed by atoms with E-state index in [0.717, 1.165) is 24.0 Å². The average Bonchev–Trinajstić information content (AvgIpc) is 2.24. The molecule has 1 aromatic heterocycles. The maximum Gasteiger partial charge on any atom is 0.0889 e. The molecule has 0 bridgehead atoms. The molecule has 1 aliphatic heterocycles. The summed E-state index contributed by atoms with van der Waals surface area (Å²) in [6, 6.07) is 10.1. The van der Waals surface area contributed by atoms with Crippen molar-refractivity contribution in [3.8, 4) is 0 Å². The van der Waals surface area contributed by atoms with Crippen LogP contribution in [0.5, 0.6) is 0 Å².